The number of amides is 2. The van der Waals surface area contributed by atoms with Gasteiger partial charge in [0.05, 0.1) is 12.0 Å². The number of methoxy groups -OCH3 is 1. The maximum absolute atomic E-state index is 13.3. The fourth-order valence-electron chi connectivity index (χ4n) is 3.99. The molecule has 1 N–H and O–H groups in total. The van der Waals surface area contributed by atoms with E-state index in [2.05, 4.69) is 5.32 Å². The molecule has 1 unspecified atom stereocenters. The number of ether oxygens (including phenoxy) is 1. The molecule has 3 rings (SSSR count). The van der Waals surface area contributed by atoms with Gasteiger partial charge in [-0.3, -0.25) is 9.59 Å². The van der Waals surface area contributed by atoms with Crippen molar-refractivity contribution in [3.05, 3.63) is 35.6 Å². The van der Waals surface area contributed by atoms with Crippen LogP contribution in [0.25, 0.3) is 0 Å². The summed E-state index contributed by atoms with van der Waals surface area (Å²) < 4.78 is 18.4. The SMILES string of the molecule is CNC(=O)C1(COC)CCCN1C(=O)C1(Cc2ccc(F)cc2)CC1. The summed E-state index contributed by atoms with van der Waals surface area (Å²) in [7, 11) is 3.14. The van der Waals surface area contributed by atoms with Gasteiger partial charge in [0.2, 0.25) is 11.8 Å². The van der Waals surface area contributed by atoms with E-state index >= 15 is 0 Å². The molecule has 1 aliphatic heterocycles. The van der Waals surface area contributed by atoms with Crippen LogP contribution in [0.4, 0.5) is 4.39 Å². The minimum absolute atomic E-state index is 0.0231. The number of benzene rings is 1. The number of likely N-dealkylation sites (tertiary alicyclic amines) is 1. The van der Waals surface area contributed by atoms with Crippen molar-refractivity contribution in [1.29, 1.82) is 0 Å². The number of halogens is 1. The highest BCUT2D eigenvalue weighted by molar-refractivity contribution is 5.95. The topological polar surface area (TPSA) is 58.6 Å². The van der Waals surface area contributed by atoms with Crippen LogP contribution >= 0.6 is 0 Å². The normalized spacial score (nSPS) is 24.2. The maximum Gasteiger partial charge on any atom is 0.248 e. The highest BCUT2D eigenvalue weighted by Crippen LogP contribution is 2.51. The Kier molecular flexibility index (Phi) is 4.82. The zero-order chi connectivity index (χ0) is 18.1. The van der Waals surface area contributed by atoms with E-state index in [0.29, 0.717) is 19.4 Å². The van der Waals surface area contributed by atoms with Gasteiger partial charge in [-0.05, 0) is 49.8 Å². The van der Waals surface area contributed by atoms with E-state index in [-0.39, 0.29) is 24.2 Å². The maximum atomic E-state index is 13.3. The number of nitrogens with zero attached hydrogens (tertiary/aromatic N) is 1. The van der Waals surface area contributed by atoms with Gasteiger partial charge in [0, 0.05) is 20.7 Å². The van der Waals surface area contributed by atoms with Crippen molar-refractivity contribution < 1.29 is 18.7 Å². The highest BCUT2D eigenvalue weighted by Gasteiger charge is 2.58. The van der Waals surface area contributed by atoms with Crippen molar-refractivity contribution in [1.82, 2.24) is 10.2 Å². The molecule has 2 amide bonds. The summed E-state index contributed by atoms with van der Waals surface area (Å²) in [6.45, 7) is 0.770. The Morgan fingerprint density at radius 1 is 1.24 bits per heavy atom. The van der Waals surface area contributed by atoms with Crippen LogP contribution in [0.15, 0.2) is 24.3 Å². The van der Waals surface area contributed by atoms with Crippen LogP contribution in [0, 0.1) is 11.2 Å². The molecule has 0 radical (unpaired) electrons. The Morgan fingerprint density at radius 3 is 2.48 bits per heavy atom. The largest absolute Gasteiger partial charge is 0.382 e. The monoisotopic (exact) mass is 348 g/mol. The Morgan fingerprint density at radius 2 is 1.92 bits per heavy atom. The van der Waals surface area contributed by atoms with Crippen LogP contribution in [0.1, 0.15) is 31.2 Å². The standard InChI is InChI=1S/C19H25FN2O3/c1-21-16(23)19(13-25-2)8-3-11-22(19)17(24)18(9-10-18)12-14-4-6-15(20)7-5-14/h4-7H,3,8-13H2,1-2H3,(H,21,23). The van der Waals surface area contributed by atoms with Gasteiger partial charge in [0.25, 0.3) is 0 Å². The van der Waals surface area contributed by atoms with E-state index in [1.807, 2.05) is 0 Å². The molecule has 1 aromatic rings. The number of hydrogen-bond acceptors (Lipinski definition) is 3. The lowest BCUT2D eigenvalue weighted by Crippen LogP contribution is -2.61. The van der Waals surface area contributed by atoms with E-state index in [1.165, 1.54) is 12.1 Å². The predicted octanol–water partition coefficient (Wildman–Crippen LogP) is 1.90. The molecule has 1 saturated heterocycles. The van der Waals surface area contributed by atoms with E-state index < -0.39 is 11.0 Å². The minimum atomic E-state index is -0.918. The van der Waals surface area contributed by atoms with Gasteiger partial charge < -0.3 is 15.0 Å². The van der Waals surface area contributed by atoms with Crippen LogP contribution in [0.3, 0.4) is 0 Å². The first kappa shape index (κ1) is 17.9. The molecular formula is C19H25FN2O3. The summed E-state index contributed by atoms with van der Waals surface area (Å²) in [4.78, 5) is 27.6. The second-order valence-electron chi connectivity index (χ2n) is 7.19. The molecule has 2 fully saturated rings. The predicted molar refractivity (Wildman–Crippen MR) is 91.4 cm³/mol. The molecule has 1 saturated carbocycles. The van der Waals surface area contributed by atoms with Crippen LogP contribution < -0.4 is 5.32 Å². The van der Waals surface area contributed by atoms with Crippen molar-refractivity contribution in [2.75, 3.05) is 27.3 Å². The highest BCUT2D eigenvalue weighted by atomic mass is 19.1. The zero-order valence-corrected chi connectivity index (χ0v) is 14.8. The smallest absolute Gasteiger partial charge is 0.248 e. The molecule has 1 heterocycles. The fourth-order valence-corrected chi connectivity index (χ4v) is 3.99. The molecule has 136 valence electrons. The average molecular weight is 348 g/mol. The van der Waals surface area contributed by atoms with Crippen molar-refractivity contribution in [3.63, 3.8) is 0 Å². The van der Waals surface area contributed by atoms with Gasteiger partial charge in [-0.1, -0.05) is 12.1 Å². The lowest BCUT2D eigenvalue weighted by Gasteiger charge is -2.38. The number of carbonyl (C=O) groups excluding carboxylic acids is 2. The quantitative estimate of drug-likeness (QED) is 0.854. The first-order valence-corrected chi connectivity index (χ1v) is 8.75. The lowest BCUT2D eigenvalue weighted by molar-refractivity contribution is -0.151. The third kappa shape index (κ3) is 3.15. The van der Waals surface area contributed by atoms with Gasteiger partial charge in [0.1, 0.15) is 11.4 Å². The van der Waals surface area contributed by atoms with Gasteiger partial charge >= 0.3 is 0 Å². The van der Waals surface area contributed by atoms with Gasteiger partial charge in [-0.15, -0.1) is 0 Å². The third-order valence-electron chi connectivity index (χ3n) is 5.53. The van der Waals surface area contributed by atoms with Gasteiger partial charge in [-0.2, -0.15) is 0 Å². The van der Waals surface area contributed by atoms with E-state index in [4.69, 9.17) is 4.74 Å². The minimum Gasteiger partial charge on any atom is -0.382 e. The van der Waals surface area contributed by atoms with Crippen LogP contribution in [0.5, 0.6) is 0 Å². The lowest BCUT2D eigenvalue weighted by atomic mass is 9.90. The number of rotatable bonds is 6. The average Bonchev–Trinajstić information content (AvgIpc) is 3.27. The van der Waals surface area contributed by atoms with Crippen molar-refractivity contribution in [3.8, 4) is 0 Å². The van der Waals surface area contributed by atoms with Gasteiger partial charge in [-0.25, -0.2) is 4.39 Å². The molecule has 1 aromatic carbocycles. The number of likely N-dealkylation sites (N-methyl/N-ethyl adjacent to an activating group) is 1. The molecule has 6 heteroatoms. The summed E-state index contributed by atoms with van der Waals surface area (Å²) >= 11 is 0. The fraction of sp³-hybridized carbons (Fsp3) is 0.579. The molecule has 25 heavy (non-hydrogen) atoms. The van der Waals surface area contributed by atoms with Crippen molar-refractivity contribution >= 4 is 11.8 Å². The molecule has 0 spiro atoms. The van der Waals surface area contributed by atoms with Gasteiger partial charge in [0.15, 0.2) is 0 Å². The number of carbonyl (C=O) groups is 2. The summed E-state index contributed by atoms with van der Waals surface area (Å²) in [6.07, 6.45) is 3.58. The molecular weight excluding hydrogens is 323 g/mol. The molecule has 1 aliphatic carbocycles. The van der Waals surface area contributed by atoms with E-state index in [1.54, 1.807) is 31.2 Å². The van der Waals surface area contributed by atoms with Crippen molar-refractivity contribution in [2.24, 2.45) is 5.41 Å². The zero-order valence-electron chi connectivity index (χ0n) is 14.8. The van der Waals surface area contributed by atoms with Crippen LogP contribution in [-0.4, -0.2) is 49.6 Å². The summed E-state index contributed by atoms with van der Waals surface area (Å²) in [5.74, 6) is -0.425. The third-order valence-corrected chi connectivity index (χ3v) is 5.53. The second-order valence-corrected chi connectivity index (χ2v) is 7.19. The summed E-state index contributed by atoms with van der Waals surface area (Å²) in [6, 6.07) is 6.30. The second kappa shape index (κ2) is 6.75. The number of hydrogen-bond donors (Lipinski definition) is 1. The summed E-state index contributed by atoms with van der Waals surface area (Å²) in [5.41, 5.74) is -0.433. The Balaban J connectivity index is 1.83. The molecule has 0 aromatic heterocycles. The number of nitrogens with one attached hydrogen (secondary N) is 1. The Hall–Kier alpha value is -1.95. The van der Waals surface area contributed by atoms with Crippen molar-refractivity contribution in [2.45, 2.75) is 37.6 Å². The Bertz CT molecular complexity index is 657. The summed E-state index contributed by atoms with van der Waals surface area (Å²) in [5, 5.41) is 2.69. The van der Waals surface area contributed by atoms with Crippen LogP contribution in [0.2, 0.25) is 0 Å². The molecule has 2 aliphatic rings. The molecule has 5 nitrogen and oxygen atoms in total. The van der Waals surface area contributed by atoms with E-state index in [9.17, 15) is 14.0 Å². The van der Waals surface area contributed by atoms with E-state index in [0.717, 1.165) is 24.8 Å². The molecule has 0 bridgehead atoms. The molecule has 1 atom stereocenters. The first-order chi connectivity index (χ1) is 12.0. The first-order valence-electron chi connectivity index (χ1n) is 8.75. The van der Waals surface area contributed by atoms with Crippen LogP contribution in [-0.2, 0) is 20.7 Å². The Labute approximate surface area is 147 Å².